The average Bonchev–Trinajstić information content (AvgIpc) is 2.46. The number of aromatic hydroxyl groups is 1. The maximum atomic E-state index is 10.9. The second kappa shape index (κ2) is 5.78. The van der Waals surface area contributed by atoms with Crippen LogP contribution in [0, 0.1) is 0 Å². The molecule has 0 aliphatic carbocycles. The van der Waals surface area contributed by atoms with Crippen molar-refractivity contribution in [3.05, 3.63) is 65.7 Å². The van der Waals surface area contributed by atoms with Crippen LogP contribution in [-0.2, 0) is 10.2 Å². The Labute approximate surface area is 118 Å². The molecule has 3 nitrogen and oxygen atoms in total. The molecule has 0 bridgehead atoms. The Balaban J connectivity index is 2.43. The Morgan fingerprint density at radius 1 is 1.00 bits per heavy atom. The standard InChI is InChI=1S/C17H18O3/c1-17(12-11-16(19)20,13-5-3-2-4-6-13)14-7-9-15(18)10-8-14/h2-10,18H,11-12H2,1H3,(H,19,20). The summed E-state index contributed by atoms with van der Waals surface area (Å²) in [6, 6.07) is 16.8. The van der Waals surface area contributed by atoms with Gasteiger partial charge in [0, 0.05) is 11.8 Å². The van der Waals surface area contributed by atoms with Gasteiger partial charge in [-0.3, -0.25) is 4.79 Å². The van der Waals surface area contributed by atoms with Gasteiger partial charge in [0.05, 0.1) is 0 Å². The molecular weight excluding hydrogens is 252 g/mol. The second-order valence-corrected chi connectivity index (χ2v) is 5.14. The van der Waals surface area contributed by atoms with E-state index in [1.165, 1.54) is 0 Å². The monoisotopic (exact) mass is 270 g/mol. The Kier molecular flexibility index (Phi) is 4.08. The van der Waals surface area contributed by atoms with Crippen molar-refractivity contribution < 1.29 is 15.0 Å². The molecule has 0 spiro atoms. The van der Waals surface area contributed by atoms with Crippen molar-refractivity contribution in [3.8, 4) is 5.75 Å². The van der Waals surface area contributed by atoms with E-state index in [0.29, 0.717) is 6.42 Å². The fourth-order valence-electron chi connectivity index (χ4n) is 2.45. The number of phenolic OH excluding ortho intramolecular Hbond substituents is 1. The van der Waals surface area contributed by atoms with Crippen LogP contribution in [0.5, 0.6) is 5.75 Å². The number of rotatable bonds is 5. The molecule has 0 amide bonds. The molecule has 0 aliphatic rings. The normalized spacial score (nSPS) is 13.7. The number of benzene rings is 2. The lowest BCUT2D eigenvalue weighted by atomic mass is 9.73. The van der Waals surface area contributed by atoms with Gasteiger partial charge in [0.25, 0.3) is 0 Å². The molecule has 0 saturated carbocycles. The fraction of sp³-hybridized carbons (Fsp3) is 0.235. The first-order valence-electron chi connectivity index (χ1n) is 6.59. The molecule has 1 unspecified atom stereocenters. The van der Waals surface area contributed by atoms with Crippen LogP contribution >= 0.6 is 0 Å². The van der Waals surface area contributed by atoms with Crippen LogP contribution in [0.25, 0.3) is 0 Å². The van der Waals surface area contributed by atoms with Crippen molar-refractivity contribution in [1.82, 2.24) is 0 Å². The summed E-state index contributed by atoms with van der Waals surface area (Å²) < 4.78 is 0. The number of hydrogen-bond donors (Lipinski definition) is 2. The van der Waals surface area contributed by atoms with Gasteiger partial charge in [0.15, 0.2) is 0 Å². The number of carbonyl (C=O) groups is 1. The van der Waals surface area contributed by atoms with Gasteiger partial charge in [-0.2, -0.15) is 0 Å². The lowest BCUT2D eigenvalue weighted by Gasteiger charge is -2.30. The Hall–Kier alpha value is -2.29. The highest BCUT2D eigenvalue weighted by Gasteiger charge is 2.29. The van der Waals surface area contributed by atoms with Crippen molar-refractivity contribution in [3.63, 3.8) is 0 Å². The highest BCUT2D eigenvalue weighted by Crippen LogP contribution is 2.36. The molecule has 104 valence electrons. The predicted molar refractivity (Wildman–Crippen MR) is 77.9 cm³/mol. The van der Waals surface area contributed by atoms with Crippen molar-refractivity contribution in [1.29, 1.82) is 0 Å². The highest BCUT2D eigenvalue weighted by molar-refractivity contribution is 5.67. The highest BCUT2D eigenvalue weighted by atomic mass is 16.4. The van der Waals surface area contributed by atoms with Crippen molar-refractivity contribution in [2.75, 3.05) is 0 Å². The molecular formula is C17H18O3. The molecule has 0 aromatic heterocycles. The van der Waals surface area contributed by atoms with Crippen LogP contribution in [0.3, 0.4) is 0 Å². The predicted octanol–water partition coefficient (Wildman–Crippen LogP) is 3.56. The van der Waals surface area contributed by atoms with Crippen molar-refractivity contribution >= 4 is 5.97 Å². The second-order valence-electron chi connectivity index (χ2n) is 5.14. The van der Waals surface area contributed by atoms with Crippen LogP contribution < -0.4 is 0 Å². The molecule has 3 heteroatoms. The molecule has 2 rings (SSSR count). The van der Waals surface area contributed by atoms with E-state index >= 15 is 0 Å². The molecule has 0 radical (unpaired) electrons. The SMILES string of the molecule is CC(CCC(=O)O)(c1ccccc1)c1ccc(O)cc1. The van der Waals surface area contributed by atoms with Gasteiger partial charge in [-0.1, -0.05) is 49.4 Å². The molecule has 0 saturated heterocycles. The van der Waals surface area contributed by atoms with Crippen LogP contribution in [0.15, 0.2) is 54.6 Å². The van der Waals surface area contributed by atoms with E-state index in [9.17, 15) is 9.90 Å². The quantitative estimate of drug-likeness (QED) is 0.873. The first-order valence-corrected chi connectivity index (χ1v) is 6.59. The van der Waals surface area contributed by atoms with E-state index in [-0.39, 0.29) is 17.6 Å². The first-order chi connectivity index (χ1) is 9.52. The molecule has 2 aromatic carbocycles. The summed E-state index contributed by atoms with van der Waals surface area (Å²) in [6.45, 7) is 2.04. The molecule has 0 aliphatic heterocycles. The molecule has 2 N–H and O–H groups in total. The van der Waals surface area contributed by atoms with E-state index in [4.69, 9.17) is 5.11 Å². The third-order valence-electron chi connectivity index (χ3n) is 3.75. The first kappa shape index (κ1) is 14.1. The van der Waals surface area contributed by atoms with Gasteiger partial charge in [-0.15, -0.1) is 0 Å². The van der Waals surface area contributed by atoms with Gasteiger partial charge in [0.1, 0.15) is 5.75 Å². The summed E-state index contributed by atoms with van der Waals surface area (Å²) in [5, 5.41) is 18.4. The van der Waals surface area contributed by atoms with Crippen LogP contribution in [0.4, 0.5) is 0 Å². The third-order valence-corrected chi connectivity index (χ3v) is 3.75. The Bertz CT molecular complexity index is 575. The largest absolute Gasteiger partial charge is 0.508 e. The minimum absolute atomic E-state index is 0.103. The Morgan fingerprint density at radius 3 is 2.10 bits per heavy atom. The molecule has 0 heterocycles. The fourth-order valence-corrected chi connectivity index (χ4v) is 2.45. The maximum Gasteiger partial charge on any atom is 0.303 e. The summed E-state index contributed by atoms with van der Waals surface area (Å²) in [6.07, 6.45) is 0.614. The summed E-state index contributed by atoms with van der Waals surface area (Å²) in [7, 11) is 0. The number of carboxylic acid groups (broad SMARTS) is 1. The van der Waals surface area contributed by atoms with Gasteiger partial charge in [-0.25, -0.2) is 0 Å². The summed E-state index contributed by atoms with van der Waals surface area (Å²) in [5.74, 6) is -0.590. The van der Waals surface area contributed by atoms with Gasteiger partial charge in [-0.05, 0) is 29.7 Å². The van der Waals surface area contributed by atoms with Crippen molar-refractivity contribution in [2.45, 2.75) is 25.2 Å². The summed E-state index contributed by atoms with van der Waals surface area (Å²) in [5.41, 5.74) is 1.70. The Morgan fingerprint density at radius 2 is 1.55 bits per heavy atom. The lowest BCUT2D eigenvalue weighted by molar-refractivity contribution is -0.137. The van der Waals surface area contributed by atoms with Crippen molar-refractivity contribution in [2.24, 2.45) is 0 Å². The van der Waals surface area contributed by atoms with E-state index in [1.807, 2.05) is 49.4 Å². The zero-order valence-electron chi connectivity index (χ0n) is 11.4. The van der Waals surface area contributed by atoms with Crippen LogP contribution in [0.2, 0.25) is 0 Å². The van der Waals surface area contributed by atoms with Crippen LogP contribution in [-0.4, -0.2) is 16.2 Å². The molecule has 2 aromatic rings. The van der Waals surface area contributed by atoms with E-state index in [0.717, 1.165) is 11.1 Å². The average molecular weight is 270 g/mol. The number of hydrogen-bond acceptors (Lipinski definition) is 2. The topological polar surface area (TPSA) is 57.5 Å². The molecule has 1 atom stereocenters. The minimum Gasteiger partial charge on any atom is -0.508 e. The molecule has 20 heavy (non-hydrogen) atoms. The van der Waals surface area contributed by atoms with Crippen LogP contribution in [0.1, 0.15) is 30.9 Å². The summed E-state index contributed by atoms with van der Waals surface area (Å²) >= 11 is 0. The maximum absolute atomic E-state index is 10.9. The lowest BCUT2D eigenvalue weighted by Crippen LogP contribution is -2.24. The zero-order chi connectivity index (χ0) is 14.6. The summed E-state index contributed by atoms with van der Waals surface area (Å²) in [4.78, 5) is 10.9. The number of phenols is 1. The molecule has 0 fully saturated rings. The van der Waals surface area contributed by atoms with E-state index in [1.54, 1.807) is 12.1 Å². The van der Waals surface area contributed by atoms with Gasteiger partial charge < -0.3 is 10.2 Å². The minimum atomic E-state index is -0.800. The van der Waals surface area contributed by atoms with Gasteiger partial charge >= 0.3 is 5.97 Å². The zero-order valence-corrected chi connectivity index (χ0v) is 11.4. The third kappa shape index (κ3) is 2.99. The van der Waals surface area contributed by atoms with E-state index in [2.05, 4.69) is 0 Å². The van der Waals surface area contributed by atoms with Gasteiger partial charge in [0.2, 0.25) is 0 Å². The number of carboxylic acids is 1. The van der Waals surface area contributed by atoms with E-state index < -0.39 is 5.97 Å². The smallest absolute Gasteiger partial charge is 0.303 e. The number of aliphatic carboxylic acids is 1.